The lowest BCUT2D eigenvalue weighted by atomic mass is 9.93. The van der Waals surface area contributed by atoms with Gasteiger partial charge in [-0.3, -0.25) is 14.4 Å². The summed E-state index contributed by atoms with van der Waals surface area (Å²) in [4.78, 5) is 71.1. The lowest BCUT2D eigenvalue weighted by Gasteiger charge is -2.33. The summed E-state index contributed by atoms with van der Waals surface area (Å²) >= 11 is 6.44. The molecule has 2 aromatic rings. The molecule has 3 N–H and O–H groups in total. The Labute approximate surface area is 297 Å². The van der Waals surface area contributed by atoms with E-state index in [2.05, 4.69) is 10.6 Å². The second kappa shape index (κ2) is 14.1. The molecule has 0 spiro atoms. The average Bonchev–Trinajstić information content (AvgIpc) is 3.41. The van der Waals surface area contributed by atoms with Crippen molar-refractivity contribution in [2.45, 2.75) is 82.5 Å². The number of amides is 4. The summed E-state index contributed by atoms with van der Waals surface area (Å²) in [7, 11) is 0. The van der Waals surface area contributed by atoms with Crippen LogP contribution in [-0.2, 0) is 19.1 Å². The molecule has 1 aliphatic carbocycles. The summed E-state index contributed by atoms with van der Waals surface area (Å²) in [5.74, 6) is -3.34. The fourth-order valence-corrected chi connectivity index (χ4v) is 7.93. The molecule has 50 heavy (non-hydrogen) atoms. The number of ether oxygens (including phenoxy) is 1. The van der Waals surface area contributed by atoms with Crippen LogP contribution in [-0.4, -0.2) is 87.5 Å². The van der Waals surface area contributed by atoms with Crippen molar-refractivity contribution in [1.82, 2.24) is 20.4 Å². The molecule has 11 nitrogen and oxygen atoms in total. The first-order valence-corrected chi connectivity index (χ1v) is 17.8. The Morgan fingerprint density at radius 1 is 1.02 bits per heavy atom. The lowest BCUT2D eigenvalue weighted by Crippen LogP contribution is -2.58. The van der Waals surface area contributed by atoms with Crippen molar-refractivity contribution in [3.05, 3.63) is 71.3 Å². The van der Waals surface area contributed by atoms with Crippen molar-refractivity contribution in [2.24, 2.45) is 17.8 Å². The second-order valence-corrected chi connectivity index (χ2v) is 15.4. The van der Waals surface area contributed by atoms with Gasteiger partial charge in [0.05, 0.1) is 0 Å². The SMILES string of the molecule is CC(C)(C)OC(=O)N[C@@H]1CCCCC/C=C\[C@H]2C[C@@]2(C(=O)O)NC(=O)[C@@H]2[C@H]3CN(C(=O)c4cccc(-c5ccccc5Cl)c4)C[C@H]3CN2C1=O. The maximum Gasteiger partial charge on any atom is 0.408 e. The van der Waals surface area contributed by atoms with E-state index in [1.807, 2.05) is 36.4 Å². The van der Waals surface area contributed by atoms with Crippen LogP contribution in [0.3, 0.4) is 0 Å². The van der Waals surface area contributed by atoms with Crippen LogP contribution in [0.5, 0.6) is 0 Å². The highest BCUT2D eigenvalue weighted by Gasteiger charge is 2.62. The number of hydrogen-bond donors (Lipinski definition) is 3. The van der Waals surface area contributed by atoms with Gasteiger partial charge < -0.3 is 30.3 Å². The van der Waals surface area contributed by atoms with E-state index in [1.165, 1.54) is 4.90 Å². The van der Waals surface area contributed by atoms with Crippen LogP contribution in [0, 0.1) is 17.8 Å². The number of rotatable bonds is 4. The predicted octanol–water partition coefficient (Wildman–Crippen LogP) is 5.28. The number of carboxylic acids is 1. The summed E-state index contributed by atoms with van der Waals surface area (Å²) in [6, 6.07) is 12.7. The number of nitrogens with one attached hydrogen (secondary N) is 2. The number of fused-ring (bicyclic) bond motifs is 4. The third-order valence-electron chi connectivity index (χ3n) is 10.3. The molecule has 266 valence electrons. The molecule has 4 aliphatic rings. The number of carbonyl (C=O) groups excluding carboxylic acids is 4. The highest BCUT2D eigenvalue weighted by atomic mass is 35.5. The van der Waals surface area contributed by atoms with Crippen LogP contribution in [0.2, 0.25) is 5.02 Å². The molecule has 6 atom stereocenters. The Morgan fingerprint density at radius 2 is 1.80 bits per heavy atom. The first-order valence-electron chi connectivity index (χ1n) is 17.4. The summed E-state index contributed by atoms with van der Waals surface area (Å²) in [5.41, 5.74) is -0.155. The monoisotopic (exact) mass is 704 g/mol. The standard InChI is InChI=1S/C38H45ClN4O7/c1-37(2,3)50-36(49)40-30-17-8-6-4-5-7-14-26-19-38(26,35(47)48)41-32(44)31-28-22-42(20-25(28)21-43(31)34(30)46)33(45)24-13-11-12-23(18-24)27-15-9-10-16-29(27)39/h7,9-16,18,25-26,28,30-31H,4-6,8,17,19-22H2,1-3H3,(H,40,49)(H,41,44)(H,47,48)/b14-7-/t25-,26-,28-,30+,31-,38+/m0/s1. The molecule has 0 radical (unpaired) electrons. The van der Waals surface area contributed by atoms with Crippen molar-refractivity contribution in [3.8, 4) is 11.1 Å². The molecule has 3 fully saturated rings. The van der Waals surface area contributed by atoms with Crippen LogP contribution in [0.25, 0.3) is 11.1 Å². The highest BCUT2D eigenvalue weighted by molar-refractivity contribution is 6.33. The molecular weight excluding hydrogens is 660 g/mol. The van der Waals surface area contributed by atoms with E-state index in [1.54, 1.807) is 49.9 Å². The van der Waals surface area contributed by atoms with E-state index in [9.17, 15) is 29.1 Å². The number of benzene rings is 2. The van der Waals surface area contributed by atoms with E-state index in [4.69, 9.17) is 16.3 Å². The fraction of sp³-hybridized carbons (Fsp3) is 0.500. The average molecular weight is 705 g/mol. The maximum absolute atomic E-state index is 14.3. The minimum atomic E-state index is -1.46. The number of likely N-dealkylation sites (tertiary alicyclic amines) is 1. The van der Waals surface area contributed by atoms with E-state index in [0.717, 1.165) is 30.4 Å². The second-order valence-electron chi connectivity index (χ2n) is 15.0. The van der Waals surface area contributed by atoms with Gasteiger partial charge in [0, 0.05) is 53.5 Å². The van der Waals surface area contributed by atoms with Gasteiger partial charge in [0.25, 0.3) is 5.91 Å². The molecule has 2 saturated heterocycles. The van der Waals surface area contributed by atoms with Gasteiger partial charge in [-0.1, -0.05) is 66.9 Å². The van der Waals surface area contributed by atoms with Crippen molar-refractivity contribution in [1.29, 1.82) is 0 Å². The third-order valence-corrected chi connectivity index (χ3v) is 10.6. The van der Waals surface area contributed by atoms with Crippen molar-refractivity contribution in [2.75, 3.05) is 19.6 Å². The third kappa shape index (κ3) is 7.38. The maximum atomic E-state index is 14.3. The van der Waals surface area contributed by atoms with Gasteiger partial charge in [-0.2, -0.15) is 0 Å². The number of alkyl carbamates (subject to hydrolysis) is 1. The molecule has 6 rings (SSSR count). The van der Waals surface area contributed by atoms with Crippen molar-refractivity contribution < 1.29 is 33.8 Å². The van der Waals surface area contributed by atoms with E-state index < -0.39 is 53.0 Å². The molecule has 0 aromatic heterocycles. The zero-order valence-corrected chi connectivity index (χ0v) is 29.4. The molecule has 3 heterocycles. The minimum Gasteiger partial charge on any atom is -0.479 e. The van der Waals surface area contributed by atoms with Gasteiger partial charge in [-0.25, -0.2) is 9.59 Å². The van der Waals surface area contributed by atoms with Gasteiger partial charge >= 0.3 is 12.1 Å². The summed E-state index contributed by atoms with van der Waals surface area (Å²) in [6.45, 7) is 5.92. The molecular formula is C38H45ClN4O7. The zero-order chi connectivity index (χ0) is 35.8. The number of halogens is 1. The number of carbonyl (C=O) groups is 5. The van der Waals surface area contributed by atoms with Crippen LogP contribution < -0.4 is 10.6 Å². The molecule has 1 saturated carbocycles. The number of aliphatic carboxylic acids is 1. The van der Waals surface area contributed by atoms with Gasteiger partial charge in [0.1, 0.15) is 23.2 Å². The summed E-state index contributed by atoms with van der Waals surface area (Å²) < 4.78 is 5.48. The smallest absolute Gasteiger partial charge is 0.408 e. The molecule has 12 heteroatoms. The largest absolute Gasteiger partial charge is 0.479 e. The minimum absolute atomic E-state index is 0.181. The number of hydrogen-bond acceptors (Lipinski definition) is 6. The Hall–Kier alpha value is -4.38. The van der Waals surface area contributed by atoms with E-state index in [0.29, 0.717) is 30.0 Å². The molecule has 4 amide bonds. The molecule has 0 bridgehead atoms. The highest BCUT2D eigenvalue weighted by Crippen LogP contribution is 2.46. The topological polar surface area (TPSA) is 145 Å². The number of carboxylic acid groups (broad SMARTS) is 1. The normalized spacial score (nSPS) is 29.0. The van der Waals surface area contributed by atoms with Gasteiger partial charge in [0.2, 0.25) is 11.8 Å². The Morgan fingerprint density at radius 3 is 2.54 bits per heavy atom. The van der Waals surface area contributed by atoms with Gasteiger partial charge in [-0.15, -0.1) is 0 Å². The fourth-order valence-electron chi connectivity index (χ4n) is 7.68. The Bertz CT molecular complexity index is 1710. The van der Waals surface area contributed by atoms with Crippen LogP contribution in [0.4, 0.5) is 4.79 Å². The predicted molar refractivity (Wildman–Crippen MR) is 187 cm³/mol. The van der Waals surface area contributed by atoms with Crippen LogP contribution >= 0.6 is 11.6 Å². The summed E-state index contributed by atoms with van der Waals surface area (Å²) in [5, 5.41) is 16.4. The molecule has 2 aromatic carbocycles. The first kappa shape index (κ1) is 35.4. The van der Waals surface area contributed by atoms with E-state index in [-0.39, 0.29) is 37.3 Å². The van der Waals surface area contributed by atoms with Gasteiger partial charge in [-0.05, 0) is 70.2 Å². The number of allylic oxidation sites excluding steroid dienone is 1. The lowest BCUT2D eigenvalue weighted by molar-refractivity contribution is -0.146. The number of nitrogens with zero attached hydrogens (tertiary/aromatic N) is 2. The Kier molecular flexibility index (Phi) is 9.99. The van der Waals surface area contributed by atoms with Crippen molar-refractivity contribution >= 4 is 41.4 Å². The molecule has 3 aliphatic heterocycles. The van der Waals surface area contributed by atoms with E-state index >= 15 is 0 Å². The van der Waals surface area contributed by atoms with Crippen LogP contribution in [0.15, 0.2) is 60.7 Å². The quantitative estimate of drug-likeness (QED) is 0.368. The Balaban J connectivity index is 1.28. The van der Waals surface area contributed by atoms with Crippen molar-refractivity contribution in [3.63, 3.8) is 0 Å². The first-order chi connectivity index (χ1) is 23.8. The van der Waals surface area contributed by atoms with Crippen LogP contribution in [0.1, 0.15) is 69.7 Å². The summed E-state index contributed by atoms with van der Waals surface area (Å²) in [6.07, 6.45) is 6.76. The molecule has 0 unspecified atom stereocenters. The van der Waals surface area contributed by atoms with Gasteiger partial charge in [0.15, 0.2) is 0 Å². The zero-order valence-electron chi connectivity index (χ0n) is 28.7.